The number of aliphatic hydroxyl groups excluding tert-OH is 1. The summed E-state index contributed by atoms with van der Waals surface area (Å²) in [6.07, 6.45) is -10.4. The largest absolute Gasteiger partial charge is 0.574 e. The van der Waals surface area contributed by atoms with Crippen LogP contribution in [-0.4, -0.2) is 16.5 Å². The molecule has 1 heterocycles. The highest BCUT2D eigenvalue weighted by Crippen LogP contribution is 2.40. The SMILES string of the molecule is OCc1cc(CBr)nc(OC(F)(F)F)c1C(F)(F)F. The maximum Gasteiger partial charge on any atom is 0.574 e. The minimum atomic E-state index is -5.31. The molecule has 0 aliphatic heterocycles. The second kappa shape index (κ2) is 5.53. The number of halogens is 7. The molecule has 0 bridgehead atoms. The molecule has 0 amide bonds. The summed E-state index contributed by atoms with van der Waals surface area (Å²) in [4.78, 5) is 3.13. The van der Waals surface area contributed by atoms with Crippen molar-refractivity contribution >= 4 is 15.9 Å². The van der Waals surface area contributed by atoms with Gasteiger partial charge in [-0.3, -0.25) is 0 Å². The molecule has 0 spiro atoms. The second-order valence-electron chi connectivity index (χ2n) is 3.29. The first-order chi connectivity index (χ1) is 8.58. The summed E-state index contributed by atoms with van der Waals surface area (Å²) in [6, 6.07) is 0.848. The molecule has 0 atom stereocenters. The van der Waals surface area contributed by atoms with Crippen LogP contribution in [0.15, 0.2) is 6.07 Å². The minimum Gasteiger partial charge on any atom is -0.392 e. The van der Waals surface area contributed by atoms with Crippen molar-refractivity contribution in [3.63, 3.8) is 0 Å². The third kappa shape index (κ3) is 4.23. The first kappa shape index (κ1) is 16.0. The van der Waals surface area contributed by atoms with E-state index in [0.717, 1.165) is 6.07 Å². The molecule has 19 heavy (non-hydrogen) atoms. The van der Waals surface area contributed by atoms with Gasteiger partial charge in [0.1, 0.15) is 5.56 Å². The number of ether oxygens (including phenoxy) is 1. The molecule has 1 N–H and O–H groups in total. The summed E-state index contributed by atoms with van der Waals surface area (Å²) in [5.41, 5.74) is -2.61. The number of nitrogens with zero attached hydrogens (tertiary/aromatic N) is 1. The molecule has 0 aromatic carbocycles. The molecule has 0 aliphatic rings. The van der Waals surface area contributed by atoms with Crippen molar-refractivity contribution in [2.75, 3.05) is 0 Å². The lowest BCUT2D eigenvalue weighted by atomic mass is 10.1. The van der Waals surface area contributed by atoms with Crippen molar-refractivity contribution in [3.8, 4) is 5.88 Å². The van der Waals surface area contributed by atoms with Crippen LogP contribution in [0.3, 0.4) is 0 Å². The first-order valence-electron chi connectivity index (χ1n) is 4.61. The molecule has 10 heteroatoms. The van der Waals surface area contributed by atoms with Crippen molar-refractivity contribution in [2.45, 2.75) is 24.5 Å². The third-order valence-electron chi connectivity index (χ3n) is 1.92. The van der Waals surface area contributed by atoms with Gasteiger partial charge in [-0.15, -0.1) is 13.2 Å². The molecule has 1 rings (SSSR count). The summed E-state index contributed by atoms with van der Waals surface area (Å²) in [5, 5.41) is 8.75. The fraction of sp³-hybridized carbons (Fsp3) is 0.444. The van der Waals surface area contributed by atoms with Crippen LogP contribution < -0.4 is 4.74 Å². The Morgan fingerprint density at radius 2 is 1.79 bits per heavy atom. The summed E-state index contributed by atoms with van der Waals surface area (Å²) >= 11 is 2.85. The van der Waals surface area contributed by atoms with Crippen LogP contribution in [0.4, 0.5) is 26.3 Å². The van der Waals surface area contributed by atoms with E-state index in [0.29, 0.717) is 0 Å². The lowest BCUT2D eigenvalue weighted by Crippen LogP contribution is -2.22. The van der Waals surface area contributed by atoms with E-state index in [1.807, 2.05) is 0 Å². The highest BCUT2D eigenvalue weighted by molar-refractivity contribution is 9.08. The Morgan fingerprint density at radius 1 is 1.21 bits per heavy atom. The lowest BCUT2D eigenvalue weighted by molar-refractivity contribution is -0.278. The van der Waals surface area contributed by atoms with Gasteiger partial charge in [0.2, 0.25) is 5.88 Å². The summed E-state index contributed by atoms with van der Waals surface area (Å²) in [6.45, 7) is -1.09. The quantitative estimate of drug-likeness (QED) is 0.669. The van der Waals surface area contributed by atoms with Crippen molar-refractivity contribution < 1.29 is 36.2 Å². The molecule has 0 saturated heterocycles. The lowest BCUT2D eigenvalue weighted by Gasteiger charge is -2.17. The topological polar surface area (TPSA) is 42.4 Å². The van der Waals surface area contributed by atoms with E-state index in [9.17, 15) is 26.3 Å². The summed E-state index contributed by atoms with van der Waals surface area (Å²) < 4.78 is 77.6. The molecule has 3 nitrogen and oxygen atoms in total. The molecule has 0 radical (unpaired) electrons. The van der Waals surface area contributed by atoms with Crippen LogP contribution in [0.5, 0.6) is 5.88 Å². The third-order valence-corrected chi connectivity index (χ3v) is 2.50. The van der Waals surface area contributed by atoms with E-state index in [1.54, 1.807) is 0 Å². The van der Waals surface area contributed by atoms with Crippen LogP contribution in [-0.2, 0) is 18.1 Å². The van der Waals surface area contributed by atoms with E-state index in [2.05, 4.69) is 25.7 Å². The molecule has 0 fully saturated rings. The monoisotopic (exact) mass is 353 g/mol. The summed E-state index contributed by atoms with van der Waals surface area (Å²) in [5.74, 6) is -1.62. The Balaban J connectivity index is 3.47. The van der Waals surface area contributed by atoms with Crippen molar-refractivity contribution in [3.05, 3.63) is 22.9 Å². The van der Waals surface area contributed by atoms with Crippen molar-refractivity contribution in [1.29, 1.82) is 0 Å². The number of aliphatic hydroxyl groups is 1. The standard InChI is InChI=1S/C9H6BrF6NO2/c10-2-5-1-4(3-18)6(8(11,12)13)7(17-5)19-9(14,15)16/h1,18H,2-3H2. The van der Waals surface area contributed by atoms with Crippen molar-refractivity contribution in [2.24, 2.45) is 0 Å². The number of hydrogen-bond acceptors (Lipinski definition) is 3. The Hall–Kier alpha value is -1.03. The minimum absolute atomic E-state index is 0.0909. The van der Waals surface area contributed by atoms with E-state index in [-0.39, 0.29) is 11.0 Å². The van der Waals surface area contributed by atoms with Gasteiger partial charge in [0, 0.05) is 5.33 Å². The van der Waals surface area contributed by atoms with E-state index in [4.69, 9.17) is 5.11 Å². The van der Waals surface area contributed by atoms with Crippen LogP contribution in [0.1, 0.15) is 16.8 Å². The number of alkyl halides is 7. The fourth-order valence-electron chi connectivity index (χ4n) is 1.31. The number of pyridine rings is 1. The van der Waals surface area contributed by atoms with Gasteiger partial charge in [0.05, 0.1) is 12.3 Å². The first-order valence-corrected chi connectivity index (χ1v) is 5.73. The van der Waals surface area contributed by atoms with Gasteiger partial charge in [-0.05, 0) is 11.6 Å². The molecular weight excluding hydrogens is 348 g/mol. The van der Waals surface area contributed by atoms with Crippen LogP contribution in [0.2, 0.25) is 0 Å². The van der Waals surface area contributed by atoms with Gasteiger partial charge in [0.15, 0.2) is 0 Å². The summed E-state index contributed by atoms with van der Waals surface area (Å²) in [7, 11) is 0. The van der Waals surface area contributed by atoms with Gasteiger partial charge in [-0.1, -0.05) is 15.9 Å². The van der Waals surface area contributed by atoms with E-state index < -0.39 is 36.2 Å². The van der Waals surface area contributed by atoms with Crippen molar-refractivity contribution in [1.82, 2.24) is 4.98 Å². The zero-order valence-electron chi connectivity index (χ0n) is 8.94. The maximum absolute atomic E-state index is 12.7. The highest BCUT2D eigenvalue weighted by Gasteiger charge is 2.42. The van der Waals surface area contributed by atoms with E-state index in [1.165, 1.54) is 0 Å². The number of hydrogen-bond donors (Lipinski definition) is 1. The van der Waals surface area contributed by atoms with Gasteiger partial charge in [0.25, 0.3) is 0 Å². The van der Waals surface area contributed by atoms with E-state index >= 15 is 0 Å². The predicted octanol–water partition coefficient (Wildman–Crippen LogP) is 3.39. The van der Waals surface area contributed by atoms with Gasteiger partial charge < -0.3 is 9.84 Å². The van der Waals surface area contributed by atoms with Crippen LogP contribution in [0, 0.1) is 0 Å². The Labute approximate surface area is 111 Å². The molecule has 0 unspecified atom stereocenters. The highest BCUT2D eigenvalue weighted by atomic mass is 79.9. The Bertz CT molecular complexity index is 459. The molecular formula is C9H6BrF6NO2. The Kier molecular flexibility index (Phi) is 4.67. The van der Waals surface area contributed by atoms with Gasteiger partial charge in [-0.25, -0.2) is 4.98 Å². The van der Waals surface area contributed by atoms with Gasteiger partial charge >= 0.3 is 12.5 Å². The maximum atomic E-state index is 12.7. The number of aromatic nitrogens is 1. The van der Waals surface area contributed by atoms with Crippen LogP contribution in [0.25, 0.3) is 0 Å². The molecule has 108 valence electrons. The normalized spacial score (nSPS) is 12.6. The smallest absolute Gasteiger partial charge is 0.392 e. The average molecular weight is 354 g/mol. The Morgan fingerprint density at radius 3 is 2.16 bits per heavy atom. The molecule has 1 aromatic rings. The van der Waals surface area contributed by atoms with Crippen LogP contribution >= 0.6 is 15.9 Å². The molecule has 0 saturated carbocycles. The fourth-order valence-corrected chi connectivity index (χ4v) is 1.60. The average Bonchev–Trinajstić information content (AvgIpc) is 2.23. The second-order valence-corrected chi connectivity index (χ2v) is 3.85. The molecule has 1 aromatic heterocycles. The van der Waals surface area contributed by atoms with Gasteiger partial charge in [-0.2, -0.15) is 13.2 Å². The zero-order valence-corrected chi connectivity index (χ0v) is 10.5. The predicted molar refractivity (Wildman–Crippen MR) is 54.5 cm³/mol. The number of rotatable bonds is 3. The zero-order chi connectivity index (χ0) is 14.8. The molecule has 0 aliphatic carbocycles.